The standard InChI is InChI=1S/C17H26N2O/c1-3-16(15-7-5-4-6-8-15)17(20)18-13-14-9-11-19(2)12-10-14/h4-8,14,16H,3,9-13H2,1-2H3,(H,18,20). The molecule has 1 saturated heterocycles. The van der Waals surface area contributed by atoms with E-state index in [0.717, 1.165) is 31.6 Å². The molecule has 1 aromatic rings. The molecule has 0 bridgehead atoms. The number of nitrogens with zero attached hydrogens (tertiary/aromatic N) is 1. The van der Waals surface area contributed by atoms with E-state index < -0.39 is 0 Å². The monoisotopic (exact) mass is 274 g/mol. The van der Waals surface area contributed by atoms with Crippen molar-refractivity contribution in [2.24, 2.45) is 5.92 Å². The third-order valence-electron chi connectivity index (χ3n) is 4.33. The number of carbonyl (C=O) groups is 1. The number of benzene rings is 1. The van der Waals surface area contributed by atoms with Crippen LogP contribution in [0, 0.1) is 5.92 Å². The van der Waals surface area contributed by atoms with Crippen molar-refractivity contribution in [3.8, 4) is 0 Å². The average Bonchev–Trinajstić information content (AvgIpc) is 2.48. The van der Waals surface area contributed by atoms with Gasteiger partial charge in [0.25, 0.3) is 0 Å². The SMILES string of the molecule is CCC(C(=O)NCC1CCN(C)CC1)c1ccccc1. The molecule has 0 spiro atoms. The fourth-order valence-corrected chi connectivity index (χ4v) is 2.89. The van der Waals surface area contributed by atoms with Crippen molar-refractivity contribution < 1.29 is 4.79 Å². The minimum absolute atomic E-state index is 0.0116. The molecule has 2 rings (SSSR count). The Morgan fingerprint density at radius 3 is 2.55 bits per heavy atom. The molecule has 1 unspecified atom stereocenters. The maximum absolute atomic E-state index is 12.4. The average molecular weight is 274 g/mol. The summed E-state index contributed by atoms with van der Waals surface area (Å²) in [6.45, 7) is 5.20. The summed E-state index contributed by atoms with van der Waals surface area (Å²) in [6.07, 6.45) is 3.24. The Balaban J connectivity index is 1.84. The molecule has 1 atom stereocenters. The Kier molecular flexibility index (Phi) is 5.60. The summed E-state index contributed by atoms with van der Waals surface area (Å²) >= 11 is 0. The van der Waals surface area contributed by atoms with E-state index in [1.807, 2.05) is 30.3 Å². The Hall–Kier alpha value is -1.35. The van der Waals surface area contributed by atoms with Gasteiger partial charge in [-0.25, -0.2) is 0 Å². The molecular weight excluding hydrogens is 248 g/mol. The molecule has 1 aliphatic rings. The maximum Gasteiger partial charge on any atom is 0.227 e. The van der Waals surface area contributed by atoms with Crippen molar-refractivity contribution in [2.75, 3.05) is 26.7 Å². The van der Waals surface area contributed by atoms with Gasteiger partial charge in [-0.2, -0.15) is 0 Å². The van der Waals surface area contributed by atoms with Gasteiger partial charge in [-0.1, -0.05) is 37.3 Å². The highest BCUT2D eigenvalue weighted by Crippen LogP contribution is 2.20. The Bertz CT molecular complexity index is 410. The zero-order valence-corrected chi connectivity index (χ0v) is 12.6. The first-order chi connectivity index (χ1) is 9.70. The Labute approximate surface area is 122 Å². The molecular formula is C17H26N2O. The van der Waals surface area contributed by atoms with Crippen LogP contribution >= 0.6 is 0 Å². The van der Waals surface area contributed by atoms with Crippen LogP contribution < -0.4 is 5.32 Å². The minimum Gasteiger partial charge on any atom is -0.355 e. The number of rotatable bonds is 5. The molecule has 1 fully saturated rings. The number of amides is 1. The van der Waals surface area contributed by atoms with Gasteiger partial charge in [0, 0.05) is 6.54 Å². The predicted molar refractivity (Wildman–Crippen MR) is 82.7 cm³/mol. The normalized spacial score (nSPS) is 18.7. The second-order valence-corrected chi connectivity index (χ2v) is 5.86. The van der Waals surface area contributed by atoms with E-state index in [2.05, 4.69) is 24.2 Å². The predicted octanol–water partition coefficient (Wildman–Crippen LogP) is 2.64. The van der Waals surface area contributed by atoms with Crippen LogP contribution in [0.4, 0.5) is 0 Å². The molecule has 3 nitrogen and oxygen atoms in total. The van der Waals surface area contributed by atoms with E-state index >= 15 is 0 Å². The number of piperidine rings is 1. The molecule has 0 aliphatic carbocycles. The molecule has 0 radical (unpaired) electrons. The van der Waals surface area contributed by atoms with Crippen LogP contribution in [0.3, 0.4) is 0 Å². The van der Waals surface area contributed by atoms with Crippen molar-refractivity contribution in [2.45, 2.75) is 32.1 Å². The maximum atomic E-state index is 12.4. The molecule has 0 aromatic heterocycles. The highest BCUT2D eigenvalue weighted by atomic mass is 16.1. The minimum atomic E-state index is -0.0116. The lowest BCUT2D eigenvalue weighted by molar-refractivity contribution is -0.122. The third kappa shape index (κ3) is 4.07. The van der Waals surface area contributed by atoms with Crippen LogP contribution in [-0.4, -0.2) is 37.5 Å². The van der Waals surface area contributed by atoms with Crippen molar-refractivity contribution in [3.05, 3.63) is 35.9 Å². The van der Waals surface area contributed by atoms with Gasteiger partial charge >= 0.3 is 0 Å². The molecule has 1 heterocycles. The molecule has 0 saturated carbocycles. The smallest absolute Gasteiger partial charge is 0.227 e. The quantitative estimate of drug-likeness (QED) is 0.895. The Morgan fingerprint density at radius 1 is 1.30 bits per heavy atom. The number of carbonyl (C=O) groups excluding carboxylic acids is 1. The first-order valence-electron chi connectivity index (χ1n) is 7.72. The van der Waals surface area contributed by atoms with Crippen LogP contribution in [0.25, 0.3) is 0 Å². The summed E-state index contributed by atoms with van der Waals surface area (Å²) in [5.74, 6) is 0.809. The lowest BCUT2D eigenvalue weighted by Crippen LogP contribution is -2.38. The van der Waals surface area contributed by atoms with Gasteiger partial charge in [-0.05, 0) is 50.9 Å². The molecule has 1 N–H and O–H groups in total. The summed E-state index contributed by atoms with van der Waals surface area (Å²) in [5.41, 5.74) is 1.12. The zero-order chi connectivity index (χ0) is 14.4. The molecule has 20 heavy (non-hydrogen) atoms. The van der Waals surface area contributed by atoms with Gasteiger partial charge in [0.1, 0.15) is 0 Å². The second kappa shape index (κ2) is 7.44. The van der Waals surface area contributed by atoms with Gasteiger partial charge in [0.15, 0.2) is 0 Å². The first-order valence-corrected chi connectivity index (χ1v) is 7.72. The highest BCUT2D eigenvalue weighted by molar-refractivity contribution is 5.83. The molecule has 1 aromatic carbocycles. The summed E-state index contributed by atoms with van der Waals surface area (Å²) < 4.78 is 0. The summed E-state index contributed by atoms with van der Waals surface area (Å²) in [4.78, 5) is 14.7. The Morgan fingerprint density at radius 2 is 1.95 bits per heavy atom. The van der Waals surface area contributed by atoms with Crippen molar-refractivity contribution in [1.82, 2.24) is 10.2 Å². The number of nitrogens with one attached hydrogen (secondary N) is 1. The van der Waals surface area contributed by atoms with Gasteiger partial charge in [0.05, 0.1) is 5.92 Å². The van der Waals surface area contributed by atoms with E-state index in [0.29, 0.717) is 5.92 Å². The lowest BCUT2D eigenvalue weighted by atomic mass is 9.94. The van der Waals surface area contributed by atoms with Crippen LogP contribution in [0.2, 0.25) is 0 Å². The van der Waals surface area contributed by atoms with E-state index in [1.54, 1.807) is 0 Å². The van der Waals surface area contributed by atoms with Gasteiger partial charge in [-0.3, -0.25) is 4.79 Å². The topological polar surface area (TPSA) is 32.3 Å². The molecule has 1 amide bonds. The molecule has 3 heteroatoms. The third-order valence-corrected chi connectivity index (χ3v) is 4.33. The van der Waals surface area contributed by atoms with Crippen LogP contribution in [0.1, 0.15) is 37.7 Å². The summed E-state index contributed by atoms with van der Waals surface area (Å²) in [7, 11) is 2.16. The highest BCUT2D eigenvalue weighted by Gasteiger charge is 2.21. The zero-order valence-electron chi connectivity index (χ0n) is 12.6. The van der Waals surface area contributed by atoms with Crippen LogP contribution in [-0.2, 0) is 4.79 Å². The van der Waals surface area contributed by atoms with Crippen molar-refractivity contribution in [3.63, 3.8) is 0 Å². The first kappa shape index (κ1) is 15.0. The number of likely N-dealkylation sites (tertiary alicyclic amines) is 1. The van der Waals surface area contributed by atoms with Crippen LogP contribution in [0.5, 0.6) is 0 Å². The summed E-state index contributed by atoms with van der Waals surface area (Å²) in [5, 5.41) is 3.16. The van der Waals surface area contributed by atoms with Gasteiger partial charge in [-0.15, -0.1) is 0 Å². The van der Waals surface area contributed by atoms with Gasteiger partial charge in [0.2, 0.25) is 5.91 Å². The van der Waals surface area contributed by atoms with Crippen molar-refractivity contribution in [1.29, 1.82) is 0 Å². The van der Waals surface area contributed by atoms with Crippen LogP contribution in [0.15, 0.2) is 30.3 Å². The molecule has 1 aliphatic heterocycles. The molecule has 110 valence electrons. The van der Waals surface area contributed by atoms with E-state index in [-0.39, 0.29) is 11.8 Å². The van der Waals surface area contributed by atoms with E-state index in [1.165, 1.54) is 12.8 Å². The summed E-state index contributed by atoms with van der Waals surface area (Å²) in [6, 6.07) is 10.1. The fraction of sp³-hybridized carbons (Fsp3) is 0.588. The van der Waals surface area contributed by atoms with E-state index in [9.17, 15) is 4.79 Å². The number of hydrogen-bond acceptors (Lipinski definition) is 2. The largest absolute Gasteiger partial charge is 0.355 e. The fourth-order valence-electron chi connectivity index (χ4n) is 2.89. The van der Waals surface area contributed by atoms with Crippen molar-refractivity contribution >= 4 is 5.91 Å². The second-order valence-electron chi connectivity index (χ2n) is 5.86. The van der Waals surface area contributed by atoms with Gasteiger partial charge < -0.3 is 10.2 Å². The van der Waals surface area contributed by atoms with E-state index in [4.69, 9.17) is 0 Å². The lowest BCUT2D eigenvalue weighted by Gasteiger charge is -2.29. The number of hydrogen-bond donors (Lipinski definition) is 1.